The van der Waals surface area contributed by atoms with Crippen molar-refractivity contribution in [3.05, 3.63) is 58.2 Å². The fourth-order valence-electron chi connectivity index (χ4n) is 3.31. The number of likely N-dealkylation sites (N-methyl/N-ethyl adjacent to an activating group) is 1. The molecule has 0 spiro atoms. The summed E-state index contributed by atoms with van der Waals surface area (Å²) in [7, 11) is 1.85. The number of piperazine rings is 1. The summed E-state index contributed by atoms with van der Waals surface area (Å²) < 4.78 is 0. The highest BCUT2D eigenvalue weighted by Crippen LogP contribution is 2.26. The van der Waals surface area contributed by atoms with Crippen molar-refractivity contribution < 1.29 is 4.79 Å². The van der Waals surface area contributed by atoms with E-state index in [2.05, 4.69) is 32.7 Å². The smallest absolute Gasteiger partial charge is 0.240 e. The number of carbonyl (C=O) groups is 1. The van der Waals surface area contributed by atoms with Gasteiger partial charge in [0, 0.05) is 44.3 Å². The standard InChI is InChI=1S/C21H24N4OS2/c1-23(17-6-3-2-4-7-17)21(26)15-25-11-9-24(10-12-25)14-20-22-18(16-28-20)19-8-5-13-27-19/h2-8,13,16H,9-12,14-15H2,1H3. The van der Waals surface area contributed by atoms with Crippen molar-refractivity contribution in [2.24, 2.45) is 0 Å². The number of amides is 1. The maximum atomic E-state index is 12.6. The summed E-state index contributed by atoms with van der Waals surface area (Å²) in [6, 6.07) is 14.0. The molecule has 3 aromatic rings. The molecular weight excluding hydrogens is 388 g/mol. The molecule has 5 nitrogen and oxygen atoms in total. The number of hydrogen-bond donors (Lipinski definition) is 0. The van der Waals surface area contributed by atoms with Crippen LogP contribution in [0.3, 0.4) is 0 Å². The maximum Gasteiger partial charge on any atom is 0.240 e. The average molecular weight is 413 g/mol. The van der Waals surface area contributed by atoms with Gasteiger partial charge in [0.2, 0.25) is 5.91 Å². The summed E-state index contributed by atoms with van der Waals surface area (Å²) in [4.78, 5) is 25.0. The molecule has 1 aromatic carbocycles. The van der Waals surface area contributed by atoms with Crippen LogP contribution in [-0.2, 0) is 11.3 Å². The highest BCUT2D eigenvalue weighted by Gasteiger charge is 2.21. The van der Waals surface area contributed by atoms with Gasteiger partial charge in [-0.2, -0.15) is 0 Å². The van der Waals surface area contributed by atoms with E-state index in [4.69, 9.17) is 4.98 Å². The summed E-state index contributed by atoms with van der Waals surface area (Å²) in [5.41, 5.74) is 2.03. The maximum absolute atomic E-state index is 12.6. The molecule has 0 aliphatic carbocycles. The summed E-state index contributed by atoms with van der Waals surface area (Å²) in [5, 5.41) is 5.40. The number of rotatable bonds is 6. The van der Waals surface area contributed by atoms with Gasteiger partial charge in [-0.05, 0) is 23.6 Å². The molecule has 0 radical (unpaired) electrons. The van der Waals surface area contributed by atoms with E-state index in [1.165, 1.54) is 4.88 Å². The van der Waals surface area contributed by atoms with E-state index >= 15 is 0 Å². The van der Waals surface area contributed by atoms with Crippen LogP contribution in [0.1, 0.15) is 5.01 Å². The molecule has 1 saturated heterocycles. The normalized spacial score (nSPS) is 15.6. The van der Waals surface area contributed by atoms with E-state index in [-0.39, 0.29) is 5.91 Å². The molecule has 0 saturated carbocycles. The van der Waals surface area contributed by atoms with Gasteiger partial charge in [-0.15, -0.1) is 22.7 Å². The van der Waals surface area contributed by atoms with Gasteiger partial charge >= 0.3 is 0 Å². The SMILES string of the molecule is CN(C(=O)CN1CCN(Cc2nc(-c3cccs3)cs2)CC1)c1ccccc1. The topological polar surface area (TPSA) is 39.7 Å². The van der Waals surface area contributed by atoms with Crippen molar-refractivity contribution in [3.8, 4) is 10.6 Å². The summed E-state index contributed by atoms with van der Waals surface area (Å²) in [6.07, 6.45) is 0. The van der Waals surface area contributed by atoms with E-state index in [9.17, 15) is 4.79 Å². The Balaban J connectivity index is 1.25. The van der Waals surface area contributed by atoms with Gasteiger partial charge < -0.3 is 4.90 Å². The van der Waals surface area contributed by atoms with E-state index < -0.39 is 0 Å². The molecule has 0 atom stereocenters. The third-order valence-corrected chi connectivity index (χ3v) is 6.75. The molecule has 0 bridgehead atoms. The van der Waals surface area contributed by atoms with E-state index in [1.54, 1.807) is 27.6 Å². The Morgan fingerprint density at radius 3 is 2.50 bits per heavy atom. The Bertz CT molecular complexity index is 886. The van der Waals surface area contributed by atoms with Crippen molar-refractivity contribution in [1.82, 2.24) is 14.8 Å². The molecular formula is C21H24N4OS2. The lowest BCUT2D eigenvalue weighted by atomic mass is 10.2. The average Bonchev–Trinajstić information content (AvgIpc) is 3.41. The zero-order valence-electron chi connectivity index (χ0n) is 16.0. The minimum absolute atomic E-state index is 0.139. The molecule has 146 valence electrons. The van der Waals surface area contributed by atoms with E-state index in [1.807, 2.05) is 37.4 Å². The van der Waals surface area contributed by atoms with Crippen LogP contribution in [0.5, 0.6) is 0 Å². The molecule has 1 amide bonds. The summed E-state index contributed by atoms with van der Waals surface area (Å²) in [5.74, 6) is 0.139. The monoisotopic (exact) mass is 412 g/mol. The van der Waals surface area contributed by atoms with Crippen molar-refractivity contribution in [1.29, 1.82) is 0 Å². The Hall–Kier alpha value is -2.06. The van der Waals surface area contributed by atoms with E-state index in [0.29, 0.717) is 6.54 Å². The van der Waals surface area contributed by atoms with Crippen LogP contribution in [0, 0.1) is 0 Å². The van der Waals surface area contributed by atoms with Gasteiger partial charge in [0.05, 0.1) is 23.7 Å². The highest BCUT2D eigenvalue weighted by molar-refractivity contribution is 7.14. The minimum Gasteiger partial charge on any atom is -0.314 e. The van der Waals surface area contributed by atoms with Crippen LogP contribution in [-0.4, -0.2) is 60.5 Å². The zero-order valence-corrected chi connectivity index (χ0v) is 17.6. The molecule has 0 N–H and O–H groups in total. The van der Waals surface area contributed by atoms with Gasteiger partial charge in [0.15, 0.2) is 0 Å². The Morgan fingerprint density at radius 1 is 1.04 bits per heavy atom. The third kappa shape index (κ3) is 4.67. The summed E-state index contributed by atoms with van der Waals surface area (Å²) >= 11 is 3.46. The van der Waals surface area contributed by atoms with Gasteiger partial charge in [0.25, 0.3) is 0 Å². The fraction of sp³-hybridized carbons (Fsp3) is 0.333. The van der Waals surface area contributed by atoms with Crippen molar-refractivity contribution >= 4 is 34.3 Å². The van der Waals surface area contributed by atoms with Gasteiger partial charge in [-0.3, -0.25) is 14.6 Å². The second-order valence-corrected chi connectivity index (χ2v) is 8.83. The lowest BCUT2D eigenvalue weighted by Gasteiger charge is -2.34. The molecule has 1 aliphatic rings. The van der Waals surface area contributed by atoms with Crippen molar-refractivity contribution in [2.45, 2.75) is 6.54 Å². The first kappa shape index (κ1) is 19.3. The van der Waals surface area contributed by atoms with Crippen LogP contribution < -0.4 is 4.90 Å². The fourth-order valence-corrected chi connectivity index (χ4v) is 4.91. The van der Waals surface area contributed by atoms with Gasteiger partial charge in [-0.25, -0.2) is 4.98 Å². The first-order valence-corrected chi connectivity index (χ1v) is 11.2. The first-order chi connectivity index (χ1) is 13.7. The lowest BCUT2D eigenvalue weighted by molar-refractivity contribution is -0.119. The predicted octanol–water partition coefficient (Wildman–Crippen LogP) is 3.65. The molecule has 7 heteroatoms. The van der Waals surface area contributed by atoms with Crippen LogP contribution >= 0.6 is 22.7 Å². The third-order valence-electron chi connectivity index (χ3n) is 5.03. The van der Waals surface area contributed by atoms with Gasteiger partial charge in [-0.1, -0.05) is 24.3 Å². The van der Waals surface area contributed by atoms with Crippen LogP contribution in [0.25, 0.3) is 10.6 Å². The van der Waals surface area contributed by atoms with E-state index in [0.717, 1.165) is 49.1 Å². The second kappa shape index (κ2) is 8.96. The Kier molecular flexibility index (Phi) is 6.17. The Labute approximate surface area is 173 Å². The number of para-hydroxylation sites is 1. The molecule has 28 heavy (non-hydrogen) atoms. The van der Waals surface area contributed by atoms with Crippen LogP contribution in [0.15, 0.2) is 53.2 Å². The van der Waals surface area contributed by atoms with Crippen molar-refractivity contribution in [3.63, 3.8) is 0 Å². The number of thiophene rings is 1. The number of benzene rings is 1. The molecule has 0 unspecified atom stereocenters. The van der Waals surface area contributed by atoms with Crippen molar-refractivity contribution in [2.75, 3.05) is 44.7 Å². The second-order valence-electron chi connectivity index (χ2n) is 6.94. The quantitative estimate of drug-likeness (QED) is 0.620. The number of aromatic nitrogens is 1. The largest absolute Gasteiger partial charge is 0.314 e. The zero-order chi connectivity index (χ0) is 19.3. The minimum atomic E-state index is 0.139. The van der Waals surface area contributed by atoms with Crippen LogP contribution in [0.4, 0.5) is 5.69 Å². The number of anilines is 1. The predicted molar refractivity (Wildman–Crippen MR) is 117 cm³/mol. The summed E-state index contributed by atoms with van der Waals surface area (Å²) in [6.45, 7) is 5.13. The molecule has 1 fully saturated rings. The number of nitrogens with zero attached hydrogens (tertiary/aromatic N) is 4. The van der Waals surface area contributed by atoms with Crippen LogP contribution in [0.2, 0.25) is 0 Å². The number of hydrogen-bond acceptors (Lipinski definition) is 6. The van der Waals surface area contributed by atoms with Gasteiger partial charge in [0.1, 0.15) is 5.01 Å². The number of carbonyl (C=O) groups excluding carboxylic acids is 1. The lowest BCUT2D eigenvalue weighted by Crippen LogP contribution is -2.49. The highest BCUT2D eigenvalue weighted by atomic mass is 32.1. The Morgan fingerprint density at radius 2 is 1.79 bits per heavy atom. The molecule has 3 heterocycles. The molecule has 2 aromatic heterocycles. The molecule has 1 aliphatic heterocycles. The first-order valence-electron chi connectivity index (χ1n) is 9.43. The molecule has 4 rings (SSSR count). The number of thiazole rings is 1.